The quantitative estimate of drug-likeness (QED) is 0.679. The number of morpholine rings is 1. The zero-order chi connectivity index (χ0) is 14.6. The number of nitrogens with one attached hydrogen (secondary N) is 1. The highest BCUT2D eigenvalue weighted by Crippen LogP contribution is 2.34. The second-order valence-corrected chi connectivity index (χ2v) is 9.61. The van der Waals surface area contributed by atoms with Crippen molar-refractivity contribution in [2.24, 2.45) is 0 Å². The van der Waals surface area contributed by atoms with Gasteiger partial charge in [0.15, 0.2) is 0 Å². The first kappa shape index (κ1) is 16.9. The standard InChI is InChI=1S/C11H16Br2N2O3S2/c12-9-8-10(19-11(9)13)20(16,17)14-2-1-3-15-4-6-18-7-5-15/h8,14H,1-7H2. The van der Waals surface area contributed by atoms with Crippen LogP contribution in [-0.4, -0.2) is 52.7 Å². The van der Waals surface area contributed by atoms with Crippen LogP contribution in [0.1, 0.15) is 6.42 Å². The van der Waals surface area contributed by atoms with Crippen molar-refractivity contribution in [1.29, 1.82) is 0 Å². The Labute approximate surface area is 140 Å². The van der Waals surface area contributed by atoms with Gasteiger partial charge in [-0.2, -0.15) is 0 Å². The predicted molar refractivity (Wildman–Crippen MR) is 86.8 cm³/mol. The van der Waals surface area contributed by atoms with E-state index in [9.17, 15) is 8.42 Å². The van der Waals surface area contributed by atoms with Gasteiger partial charge in [0, 0.05) is 24.1 Å². The van der Waals surface area contributed by atoms with Crippen LogP contribution in [0.2, 0.25) is 0 Å². The summed E-state index contributed by atoms with van der Waals surface area (Å²) in [6.07, 6.45) is 0.799. The minimum atomic E-state index is -3.40. The molecule has 1 N–H and O–H groups in total. The molecule has 20 heavy (non-hydrogen) atoms. The first-order chi connectivity index (χ1) is 9.49. The Morgan fingerprint density at radius 1 is 1.35 bits per heavy atom. The van der Waals surface area contributed by atoms with Gasteiger partial charge in [0.25, 0.3) is 0 Å². The molecule has 2 heterocycles. The molecule has 9 heteroatoms. The lowest BCUT2D eigenvalue weighted by Gasteiger charge is -2.26. The van der Waals surface area contributed by atoms with Crippen molar-refractivity contribution in [2.45, 2.75) is 10.6 Å². The van der Waals surface area contributed by atoms with Crippen molar-refractivity contribution in [3.8, 4) is 0 Å². The maximum absolute atomic E-state index is 12.1. The molecule has 0 aliphatic carbocycles. The summed E-state index contributed by atoms with van der Waals surface area (Å²) in [5, 5.41) is 0. The van der Waals surface area contributed by atoms with Crippen LogP contribution in [-0.2, 0) is 14.8 Å². The minimum absolute atomic E-state index is 0.322. The Kier molecular flexibility index (Phi) is 6.46. The maximum atomic E-state index is 12.1. The fourth-order valence-electron chi connectivity index (χ4n) is 1.86. The third-order valence-corrected chi connectivity index (χ3v) is 8.13. The van der Waals surface area contributed by atoms with Crippen LogP contribution in [0, 0.1) is 0 Å². The molecule has 5 nitrogen and oxygen atoms in total. The second kappa shape index (κ2) is 7.66. The van der Waals surface area contributed by atoms with Crippen molar-refractivity contribution in [3.05, 3.63) is 14.3 Å². The summed E-state index contributed by atoms with van der Waals surface area (Å²) >= 11 is 7.80. The minimum Gasteiger partial charge on any atom is -0.379 e. The summed E-state index contributed by atoms with van der Waals surface area (Å²) in [7, 11) is -3.40. The van der Waals surface area contributed by atoms with Crippen molar-refractivity contribution >= 4 is 53.2 Å². The van der Waals surface area contributed by atoms with Gasteiger partial charge in [-0.3, -0.25) is 4.90 Å². The summed E-state index contributed by atoms with van der Waals surface area (Å²) in [6, 6.07) is 1.61. The van der Waals surface area contributed by atoms with E-state index in [4.69, 9.17) is 4.74 Å². The Hall–Kier alpha value is 0.490. The molecule has 1 aromatic heterocycles. The first-order valence-corrected chi connectivity index (χ1v) is 10.1. The fourth-order valence-corrected chi connectivity index (χ4v) is 5.80. The van der Waals surface area contributed by atoms with Crippen molar-refractivity contribution in [1.82, 2.24) is 9.62 Å². The average Bonchev–Trinajstić information content (AvgIpc) is 2.77. The van der Waals surface area contributed by atoms with Gasteiger partial charge in [0.2, 0.25) is 10.0 Å². The first-order valence-electron chi connectivity index (χ1n) is 6.23. The van der Waals surface area contributed by atoms with E-state index in [1.807, 2.05) is 0 Å². The van der Waals surface area contributed by atoms with E-state index >= 15 is 0 Å². The number of halogens is 2. The van der Waals surface area contributed by atoms with E-state index < -0.39 is 10.0 Å². The van der Waals surface area contributed by atoms with Gasteiger partial charge in [-0.25, -0.2) is 13.1 Å². The van der Waals surface area contributed by atoms with Gasteiger partial charge >= 0.3 is 0 Å². The molecular weight excluding hydrogens is 432 g/mol. The van der Waals surface area contributed by atoms with E-state index in [2.05, 4.69) is 41.5 Å². The molecule has 0 bridgehead atoms. The van der Waals surface area contributed by atoms with Crippen molar-refractivity contribution < 1.29 is 13.2 Å². The monoisotopic (exact) mass is 446 g/mol. The highest BCUT2D eigenvalue weighted by Gasteiger charge is 2.18. The van der Waals surface area contributed by atoms with Crippen LogP contribution in [0.3, 0.4) is 0 Å². The number of hydrogen-bond donors (Lipinski definition) is 1. The number of nitrogens with zero attached hydrogens (tertiary/aromatic N) is 1. The molecule has 1 saturated heterocycles. The van der Waals surface area contributed by atoms with Gasteiger partial charge in [0.05, 0.1) is 17.0 Å². The number of ether oxygens (including phenoxy) is 1. The average molecular weight is 448 g/mol. The molecule has 1 aliphatic heterocycles. The number of hydrogen-bond acceptors (Lipinski definition) is 5. The normalized spacial score (nSPS) is 17.5. The van der Waals surface area contributed by atoms with E-state index in [1.165, 1.54) is 11.3 Å². The van der Waals surface area contributed by atoms with Crippen LogP contribution in [0.15, 0.2) is 18.5 Å². The van der Waals surface area contributed by atoms with Crippen LogP contribution in [0.25, 0.3) is 0 Å². The number of rotatable bonds is 6. The number of thiophene rings is 1. The fraction of sp³-hybridized carbons (Fsp3) is 0.636. The maximum Gasteiger partial charge on any atom is 0.250 e. The van der Waals surface area contributed by atoms with Gasteiger partial charge < -0.3 is 4.74 Å². The second-order valence-electron chi connectivity index (χ2n) is 4.39. The molecule has 0 unspecified atom stereocenters. The van der Waals surface area contributed by atoms with Crippen LogP contribution in [0.5, 0.6) is 0 Å². The predicted octanol–water partition coefficient (Wildman–Crippen LogP) is 2.27. The van der Waals surface area contributed by atoms with E-state index in [-0.39, 0.29) is 0 Å². The molecule has 1 aliphatic rings. The summed E-state index contributed by atoms with van der Waals surface area (Å²) in [5.41, 5.74) is 0. The molecule has 114 valence electrons. The van der Waals surface area contributed by atoms with Crippen LogP contribution >= 0.6 is 43.2 Å². The van der Waals surface area contributed by atoms with E-state index in [0.717, 1.165) is 47.5 Å². The zero-order valence-electron chi connectivity index (χ0n) is 10.8. The Morgan fingerprint density at radius 3 is 2.65 bits per heavy atom. The van der Waals surface area contributed by atoms with Crippen LogP contribution in [0.4, 0.5) is 0 Å². The van der Waals surface area contributed by atoms with Gasteiger partial charge in [-0.1, -0.05) is 0 Å². The smallest absolute Gasteiger partial charge is 0.250 e. The van der Waals surface area contributed by atoms with Gasteiger partial charge in [-0.15, -0.1) is 11.3 Å². The molecule has 1 fully saturated rings. The number of sulfonamides is 1. The molecule has 2 rings (SSSR count). The van der Waals surface area contributed by atoms with E-state index in [0.29, 0.717) is 10.8 Å². The van der Waals surface area contributed by atoms with Crippen molar-refractivity contribution in [2.75, 3.05) is 39.4 Å². The summed E-state index contributed by atoms with van der Waals surface area (Å²) in [4.78, 5) is 2.29. The topological polar surface area (TPSA) is 58.6 Å². The molecule has 0 saturated carbocycles. The van der Waals surface area contributed by atoms with Crippen molar-refractivity contribution in [3.63, 3.8) is 0 Å². The Bertz CT molecular complexity index is 522. The molecule has 0 aromatic carbocycles. The summed E-state index contributed by atoms with van der Waals surface area (Å²) in [5.74, 6) is 0. The molecule has 0 atom stereocenters. The third kappa shape index (κ3) is 4.75. The molecule has 0 amide bonds. The highest BCUT2D eigenvalue weighted by molar-refractivity contribution is 9.13. The third-order valence-electron chi connectivity index (χ3n) is 2.93. The molecule has 0 spiro atoms. The molecule has 0 radical (unpaired) electrons. The summed E-state index contributed by atoms with van der Waals surface area (Å²) < 4.78 is 33.9. The molecule has 1 aromatic rings. The lowest BCUT2D eigenvalue weighted by molar-refractivity contribution is 0.0376. The lowest BCUT2D eigenvalue weighted by Crippen LogP contribution is -2.38. The lowest BCUT2D eigenvalue weighted by atomic mass is 10.3. The zero-order valence-corrected chi connectivity index (χ0v) is 15.6. The van der Waals surface area contributed by atoms with Crippen LogP contribution < -0.4 is 4.72 Å². The summed E-state index contributed by atoms with van der Waals surface area (Å²) in [6.45, 7) is 4.73. The van der Waals surface area contributed by atoms with Gasteiger partial charge in [-0.05, 0) is 50.9 Å². The largest absolute Gasteiger partial charge is 0.379 e. The highest BCUT2D eigenvalue weighted by atomic mass is 79.9. The van der Waals surface area contributed by atoms with Gasteiger partial charge in [0.1, 0.15) is 4.21 Å². The SMILES string of the molecule is O=S(=O)(NCCCN1CCOCC1)c1cc(Br)c(Br)s1. The Balaban J connectivity index is 1.77. The Morgan fingerprint density at radius 2 is 2.05 bits per heavy atom. The van der Waals surface area contributed by atoms with E-state index in [1.54, 1.807) is 6.07 Å². The molecular formula is C11H16Br2N2O3S2.